The number of benzene rings is 3. The van der Waals surface area contributed by atoms with Gasteiger partial charge in [-0.05, 0) is 67.1 Å². The van der Waals surface area contributed by atoms with Gasteiger partial charge in [-0.3, -0.25) is 4.79 Å². The van der Waals surface area contributed by atoms with Gasteiger partial charge in [-0.25, -0.2) is 4.79 Å². The zero-order valence-electron chi connectivity index (χ0n) is 21.8. The molecule has 0 saturated carbocycles. The van der Waals surface area contributed by atoms with Crippen LogP contribution in [0.5, 0.6) is 11.5 Å². The summed E-state index contributed by atoms with van der Waals surface area (Å²) in [5.74, 6) is -0.174. The Labute approximate surface area is 227 Å². The van der Waals surface area contributed by atoms with E-state index in [0.29, 0.717) is 31.6 Å². The van der Waals surface area contributed by atoms with Crippen LogP contribution in [-0.2, 0) is 11.3 Å². The summed E-state index contributed by atoms with van der Waals surface area (Å²) in [6.45, 7) is 1.78. The van der Waals surface area contributed by atoms with Crippen molar-refractivity contribution in [1.29, 1.82) is 0 Å². The number of ether oxygens (including phenoxy) is 2. The number of rotatable bonds is 15. The summed E-state index contributed by atoms with van der Waals surface area (Å²) in [7, 11) is 0. The standard InChI is InChI=1S/C32H33NO6/c34-30(35)13-8-20-33-23-28(32(36)37)31-25(9-7-12-29(31)33)17-14-24-15-18-27(19-16-24)39-22-6-2-5-21-38-26-10-3-1-4-11-26/h1,3-4,7,9-12,14-19,23H,2,5-6,8,13,20-22H2,(H,34,35)(H,36,37)/b17-14+. The Morgan fingerprint density at radius 2 is 1.44 bits per heavy atom. The van der Waals surface area contributed by atoms with E-state index in [1.54, 1.807) is 6.20 Å². The minimum Gasteiger partial charge on any atom is -0.494 e. The quantitative estimate of drug-likeness (QED) is 0.128. The van der Waals surface area contributed by atoms with E-state index in [1.165, 1.54) is 0 Å². The van der Waals surface area contributed by atoms with E-state index in [9.17, 15) is 14.7 Å². The second-order valence-corrected chi connectivity index (χ2v) is 9.25. The predicted molar refractivity (Wildman–Crippen MR) is 152 cm³/mol. The molecule has 0 spiro atoms. The Morgan fingerprint density at radius 3 is 2.10 bits per heavy atom. The fourth-order valence-corrected chi connectivity index (χ4v) is 4.41. The third-order valence-corrected chi connectivity index (χ3v) is 6.36. The van der Waals surface area contributed by atoms with E-state index >= 15 is 0 Å². The van der Waals surface area contributed by atoms with Gasteiger partial charge in [0.15, 0.2) is 0 Å². The van der Waals surface area contributed by atoms with Gasteiger partial charge in [-0.1, -0.05) is 54.6 Å². The molecule has 7 heteroatoms. The zero-order chi connectivity index (χ0) is 27.5. The molecule has 4 rings (SSSR count). The number of unbranched alkanes of at least 4 members (excludes halogenated alkanes) is 2. The van der Waals surface area contributed by atoms with Crippen LogP contribution in [0.15, 0.2) is 79.0 Å². The van der Waals surface area contributed by atoms with Crippen molar-refractivity contribution in [2.24, 2.45) is 0 Å². The molecular weight excluding hydrogens is 494 g/mol. The number of fused-ring (bicyclic) bond motifs is 1. The molecule has 0 aliphatic carbocycles. The number of aryl methyl sites for hydroxylation is 1. The maximum atomic E-state index is 11.9. The molecule has 0 saturated heterocycles. The fourth-order valence-electron chi connectivity index (χ4n) is 4.41. The van der Waals surface area contributed by atoms with Crippen LogP contribution >= 0.6 is 0 Å². The van der Waals surface area contributed by atoms with Crippen molar-refractivity contribution in [3.63, 3.8) is 0 Å². The number of hydrogen-bond donors (Lipinski definition) is 2. The van der Waals surface area contributed by atoms with Crippen LogP contribution in [0.2, 0.25) is 0 Å². The van der Waals surface area contributed by atoms with Gasteiger partial charge in [0.2, 0.25) is 0 Å². The number of para-hydroxylation sites is 1. The van der Waals surface area contributed by atoms with Gasteiger partial charge in [0.1, 0.15) is 11.5 Å². The second kappa shape index (κ2) is 13.9. The molecule has 0 amide bonds. The van der Waals surface area contributed by atoms with Gasteiger partial charge in [0.05, 0.1) is 18.8 Å². The normalized spacial score (nSPS) is 11.2. The van der Waals surface area contributed by atoms with Crippen LogP contribution in [0.3, 0.4) is 0 Å². The maximum Gasteiger partial charge on any atom is 0.337 e. The smallest absolute Gasteiger partial charge is 0.337 e. The van der Waals surface area contributed by atoms with Crippen LogP contribution in [0.1, 0.15) is 53.6 Å². The Hall–Kier alpha value is -4.52. The zero-order valence-corrected chi connectivity index (χ0v) is 21.8. The van der Waals surface area contributed by atoms with Crippen molar-refractivity contribution < 1.29 is 29.3 Å². The first-order valence-electron chi connectivity index (χ1n) is 13.2. The van der Waals surface area contributed by atoms with E-state index in [4.69, 9.17) is 14.6 Å². The summed E-state index contributed by atoms with van der Waals surface area (Å²) in [6.07, 6.45) is 8.85. The van der Waals surface area contributed by atoms with Crippen molar-refractivity contribution in [2.75, 3.05) is 13.2 Å². The van der Waals surface area contributed by atoms with E-state index in [2.05, 4.69) is 0 Å². The summed E-state index contributed by atoms with van der Waals surface area (Å²) in [4.78, 5) is 22.8. The molecule has 0 fully saturated rings. The van der Waals surface area contributed by atoms with Crippen LogP contribution in [-0.4, -0.2) is 39.9 Å². The molecule has 39 heavy (non-hydrogen) atoms. The van der Waals surface area contributed by atoms with Gasteiger partial charge < -0.3 is 24.3 Å². The van der Waals surface area contributed by atoms with Crippen molar-refractivity contribution >= 4 is 35.0 Å². The van der Waals surface area contributed by atoms with Crippen LogP contribution in [0, 0.1) is 0 Å². The first-order chi connectivity index (χ1) is 19.0. The second-order valence-electron chi connectivity index (χ2n) is 9.25. The molecule has 0 unspecified atom stereocenters. The lowest BCUT2D eigenvalue weighted by molar-refractivity contribution is -0.137. The molecule has 0 atom stereocenters. The molecular formula is C32H33NO6. The summed E-state index contributed by atoms with van der Waals surface area (Å²) in [5.41, 5.74) is 2.74. The highest BCUT2D eigenvalue weighted by Gasteiger charge is 2.16. The fraction of sp³-hybridized carbons (Fsp3) is 0.250. The van der Waals surface area contributed by atoms with Gasteiger partial charge >= 0.3 is 11.9 Å². The largest absolute Gasteiger partial charge is 0.494 e. The minimum absolute atomic E-state index is 0.0328. The number of carboxylic acid groups (broad SMARTS) is 2. The highest BCUT2D eigenvalue weighted by Crippen LogP contribution is 2.28. The number of aromatic nitrogens is 1. The molecule has 0 radical (unpaired) electrons. The molecule has 7 nitrogen and oxygen atoms in total. The molecule has 1 aromatic heterocycles. The SMILES string of the molecule is O=C(O)CCCn1cc(C(=O)O)c2c(/C=C/c3ccc(OCCCCCOc4ccccc4)cc3)cccc21. The number of aliphatic carboxylic acids is 1. The first kappa shape index (κ1) is 27.5. The van der Waals surface area contributed by atoms with Gasteiger partial charge in [-0.2, -0.15) is 0 Å². The van der Waals surface area contributed by atoms with E-state index in [1.807, 2.05) is 89.5 Å². The highest BCUT2D eigenvalue weighted by atomic mass is 16.5. The van der Waals surface area contributed by atoms with E-state index in [0.717, 1.165) is 47.4 Å². The summed E-state index contributed by atoms with van der Waals surface area (Å²) < 4.78 is 13.4. The average molecular weight is 528 g/mol. The molecule has 0 aliphatic rings. The third-order valence-electron chi connectivity index (χ3n) is 6.36. The van der Waals surface area contributed by atoms with Gasteiger partial charge in [0.25, 0.3) is 0 Å². The van der Waals surface area contributed by atoms with Crippen LogP contribution in [0.4, 0.5) is 0 Å². The Balaban J connectivity index is 1.30. The molecule has 0 bridgehead atoms. The Bertz CT molecular complexity index is 1410. The minimum atomic E-state index is -1.01. The summed E-state index contributed by atoms with van der Waals surface area (Å²) >= 11 is 0. The third kappa shape index (κ3) is 7.98. The van der Waals surface area contributed by atoms with Crippen LogP contribution in [0.25, 0.3) is 23.1 Å². The molecule has 1 heterocycles. The van der Waals surface area contributed by atoms with Crippen LogP contribution < -0.4 is 9.47 Å². The number of carbonyl (C=O) groups is 2. The summed E-state index contributed by atoms with van der Waals surface area (Å²) in [5, 5.41) is 19.3. The number of nitrogens with zero attached hydrogens (tertiary/aromatic N) is 1. The van der Waals surface area contributed by atoms with Crippen molar-refractivity contribution in [1.82, 2.24) is 4.57 Å². The molecule has 0 aliphatic heterocycles. The highest BCUT2D eigenvalue weighted by molar-refractivity contribution is 6.07. The van der Waals surface area contributed by atoms with Gasteiger partial charge in [0, 0.05) is 30.1 Å². The van der Waals surface area contributed by atoms with Crippen molar-refractivity contribution in [2.45, 2.75) is 38.6 Å². The van der Waals surface area contributed by atoms with Gasteiger partial charge in [-0.15, -0.1) is 0 Å². The lowest BCUT2D eigenvalue weighted by Gasteiger charge is -2.08. The molecule has 4 aromatic rings. The summed E-state index contributed by atoms with van der Waals surface area (Å²) in [6, 6.07) is 23.2. The monoisotopic (exact) mass is 527 g/mol. The average Bonchev–Trinajstić information content (AvgIpc) is 3.32. The van der Waals surface area contributed by atoms with E-state index in [-0.39, 0.29) is 12.0 Å². The molecule has 3 aromatic carbocycles. The molecule has 202 valence electrons. The van der Waals surface area contributed by atoms with Crippen molar-refractivity contribution in [3.8, 4) is 11.5 Å². The molecule has 2 N–H and O–H groups in total. The lowest BCUT2D eigenvalue weighted by atomic mass is 10.0. The topological polar surface area (TPSA) is 98.0 Å². The Morgan fingerprint density at radius 1 is 0.744 bits per heavy atom. The number of carboxylic acids is 2. The Kier molecular flexibility index (Phi) is 9.78. The lowest BCUT2D eigenvalue weighted by Crippen LogP contribution is -2.01. The first-order valence-corrected chi connectivity index (χ1v) is 13.2. The predicted octanol–water partition coefficient (Wildman–Crippen LogP) is 7.00. The van der Waals surface area contributed by atoms with Crippen molar-refractivity contribution in [3.05, 3.63) is 95.7 Å². The maximum absolute atomic E-state index is 11.9. The number of hydrogen-bond acceptors (Lipinski definition) is 4. The van der Waals surface area contributed by atoms with E-state index < -0.39 is 11.9 Å². The number of aromatic carboxylic acids is 1.